The number of alkyl carbamates (subject to hydrolysis) is 1. The minimum Gasteiger partial charge on any atom is -0.480 e. The first-order valence-corrected chi connectivity index (χ1v) is 7.47. The molecule has 0 spiro atoms. The maximum Gasteiger partial charge on any atom is 0.408 e. The average molecular weight is 352 g/mol. The second kappa shape index (κ2) is 8.31. The lowest BCUT2D eigenvalue weighted by Gasteiger charge is -2.15. The highest BCUT2D eigenvalue weighted by Gasteiger charge is 2.21. The molecule has 1 unspecified atom stereocenters. The van der Waals surface area contributed by atoms with Gasteiger partial charge in [0.1, 0.15) is 18.5 Å². The Morgan fingerprint density at radius 3 is 2.50 bits per heavy atom. The molecule has 0 saturated heterocycles. The van der Waals surface area contributed by atoms with Crippen molar-refractivity contribution in [2.45, 2.75) is 19.1 Å². The first-order chi connectivity index (χ1) is 11.5. The fourth-order valence-electron chi connectivity index (χ4n) is 2.01. The van der Waals surface area contributed by atoms with E-state index in [4.69, 9.17) is 16.3 Å². The molecule has 0 heterocycles. The summed E-state index contributed by atoms with van der Waals surface area (Å²) in [5, 5.41) is 11.4. The van der Waals surface area contributed by atoms with E-state index in [1.54, 1.807) is 24.3 Å². The standard InChI is InChI=1S/C17H15ClFNO4/c18-13-8-12(6-7-14(13)19)9-15(16(21)22)20-17(23)24-10-11-4-2-1-3-5-11/h1-8,15H,9-10H2,(H,20,23)(H,21,22). The van der Waals surface area contributed by atoms with E-state index in [2.05, 4.69) is 5.32 Å². The molecule has 0 radical (unpaired) electrons. The van der Waals surface area contributed by atoms with Crippen LogP contribution in [0, 0.1) is 5.82 Å². The monoisotopic (exact) mass is 351 g/mol. The minimum atomic E-state index is -1.23. The Morgan fingerprint density at radius 1 is 1.17 bits per heavy atom. The highest BCUT2D eigenvalue weighted by molar-refractivity contribution is 6.30. The Bertz CT molecular complexity index is 724. The minimum absolute atomic E-state index is 0.0292. The van der Waals surface area contributed by atoms with Crippen molar-refractivity contribution >= 4 is 23.7 Å². The summed E-state index contributed by atoms with van der Waals surface area (Å²) in [4.78, 5) is 23.0. The predicted octanol–water partition coefficient (Wildman–Crippen LogP) is 3.40. The second-order valence-corrected chi connectivity index (χ2v) is 5.46. The van der Waals surface area contributed by atoms with Crippen LogP contribution in [0.3, 0.4) is 0 Å². The Hall–Kier alpha value is -2.60. The zero-order valence-electron chi connectivity index (χ0n) is 12.5. The van der Waals surface area contributed by atoms with Crippen LogP contribution in [0.15, 0.2) is 48.5 Å². The SMILES string of the molecule is O=C(NC(Cc1ccc(F)c(Cl)c1)C(=O)O)OCc1ccccc1. The summed E-state index contributed by atoms with van der Waals surface area (Å²) >= 11 is 5.67. The van der Waals surface area contributed by atoms with Crippen molar-refractivity contribution in [3.05, 3.63) is 70.5 Å². The third kappa shape index (κ3) is 5.24. The van der Waals surface area contributed by atoms with Gasteiger partial charge in [0.15, 0.2) is 0 Å². The van der Waals surface area contributed by atoms with Gasteiger partial charge in [-0.25, -0.2) is 14.0 Å². The quantitative estimate of drug-likeness (QED) is 0.836. The highest BCUT2D eigenvalue weighted by atomic mass is 35.5. The molecular formula is C17H15ClFNO4. The number of carbonyl (C=O) groups is 2. The number of amides is 1. The Kier molecular flexibility index (Phi) is 6.14. The molecule has 1 atom stereocenters. The number of benzene rings is 2. The number of halogens is 2. The molecule has 0 saturated carbocycles. The molecule has 0 fully saturated rings. The summed E-state index contributed by atoms with van der Waals surface area (Å²) in [6, 6.07) is 11.7. The third-order valence-electron chi connectivity index (χ3n) is 3.23. The summed E-state index contributed by atoms with van der Waals surface area (Å²) in [5.74, 6) is -1.82. The Labute approximate surface area is 143 Å². The van der Waals surface area contributed by atoms with E-state index < -0.39 is 23.9 Å². The highest BCUT2D eigenvalue weighted by Crippen LogP contribution is 2.17. The predicted molar refractivity (Wildman–Crippen MR) is 86.3 cm³/mol. The van der Waals surface area contributed by atoms with E-state index >= 15 is 0 Å². The van der Waals surface area contributed by atoms with Crippen LogP contribution in [0.1, 0.15) is 11.1 Å². The van der Waals surface area contributed by atoms with Gasteiger partial charge in [-0.2, -0.15) is 0 Å². The zero-order valence-corrected chi connectivity index (χ0v) is 13.3. The van der Waals surface area contributed by atoms with Gasteiger partial charge < -0.3 is 15.2 Å². The molecule has 0 bridgehead atoms. The molecule has 2 aromatic carbocycles. The molecule has 2 N–H and O–H groups in total. The summed E-state index contributed by atoms with van der Waals surface area (Å²) < 4.78 is 18.1. The van der Waals surface area contributed by atoms with Gasteiger partial charge in [-0.15, -0.1) is 0 Å². The molecule has 24 heavy (non-hydrogen) atoms. The second-order valence-electron chi connectivity index (χ2n) is 5.05. The van der Waals surface area contributed by atoms with Crippen LogP contribution in [-0.2, 0) is 22.6 Å². The normalized spacial score (nSPS) is 11.6. The number of carboxylic acid groups (broad SMARTS) is 1. The van der Waals surface area contributed by atoms with Crippen molar-refractivity contribution in [2.24, 2.45) is 0 Å². The van der Waals surface area contributed by atoms with Crippen molar-refractivity contribution in [1.82, 2.24) is 5.32 Å². The smallest absolute Gasteiger partial charge is 0.408 e. The lowest BCUT2D eigenvalue weighted by molar-refractivity contribution is -0.139. The number of nitrogens with one attached hydrogen (secondary N) is 1. The van der Waals surface area contributed by atoms with Gasteiger partial charge in [-0.3, -0.25) is 0 Å². The molecule has 0 aromatic heterocycles. The molecule has 2 rings (SSSR count). The third-order valence-corrected chi connectivity index (χ3v) is 3.52. The maximum absolute atomic E-state index is 13.1. The number of aliphatic carboxylic acids is 1. The van der Waals surface area contributed by atoms with Crippen LogP contribution in [0.5, 0.6) is 0 Å². The van der Waals surface area contributed by atoms with E-state index in [0.29, 0.717) is 5.56 Å². The van der Waals surface area contributed by atoms with Gasteiger partial charge in [-0.1, -0.05) is 48.0 Å². The first-order valence-electron chi connectivity index (χ1n) is 7.09. The van der Waals surface area contributed by atoms with Crippen molar-refractivity contribution in [3.63, 3.8) is 0 Å². The van der Waals surface area contributed by atoms with Gasteiger partial charge in [-0.05, 0) is 23.3 Å². The van der Waals surface area contributed by atoms with Crippen LogP contribution in [0.25, 0.3) is 0 Å². The van der Waals surface area contributed by atoms with Crippen molar-refractivity contribution in [1.29, 1.82) is 0 Å². The number of ether oxygens (including phenoxy) is 1. The fourth-order valence-corrected chi connectivity index (χ4v) is 2.21. The number of carbonyl (C=O) groups excluding carboxylic acids is 1. The summed E-state index contributed by atoms with van der Waals surface area (Å²) in [7, 11) is 0. The van der Waals surface area contributed by atoms with Gasteiger partial charge in [0.25, 0.3) is 0 Å². The fraction of sp³-hybridized carbons (Fsp3) is 0.176. The first kappa shape index (κ1) is 17.7. The number of carboxylic acids is 1. The Balaban J connectivity index is 1.93. The van der Waals surface area contributed by atoms with Gasteiger partial charge in [0.05, 0.1) is 5.02 Å². The number of hydrogen-bond acceptors (Lipinski definition) is 3. The molecule has 0 aliphatic rings. The number of rotatable bonds is 6. The average Bonchev–Trinajstić information content (AvgIpc) is 2.56. The number of hydrogen-bond donors (Lipinski definition) is 2. The van der Waals surface area contributed by atoms with Gasteiger partial charge in [0, 0.05) is 6.42 Å². The van der Waals surface area contributed by atoms with E-state index in [1.165, 1.54) is 12.1 Å². The molecule has 0 aliphatic carbocycles. The van der Waals surface area contributed by atoms with Crippen LogP contribution < -0.4 is 5.32 Å². The maximum atomic E-state index is 13.1. The van der Waals surface area contributed by atoms with Gasteiger partial charge >= 0.3 is 12.1 Å². The van der Waals surface area contributed by atoms with Gasteiger partial charge in [0.2, 0.25) is 0 Å². The molecule has 5 nitrogen and oxygen atoms in total. The van der Waals surface area contributed by atoms with E-state index in [-0.39, 0.29) is 18.1 Å². The van der Waals surface area contributed by atoms with Crippen molar-refractivity contribution in [3.8, 4) is 0 Å². The van der Waals surface area contributed by atoms with E-state index in [1.807, 2.05) is 6.07 Å². The van der Waals surface area contributed by atoms with Crippen LogP contribution in [0.4, 0.5) is 9.18 Å². The molecule has 2 aromatic rings. The lowest BCUT2D eigenvalue weighted by atomic mass is 10.1. The Morgan fingerprint density at radius 2 is 1.88 bits per heavy atom. The van der Waals surface area contributed by atoms with Crippen LogP contribution in [-0.4, -0.2) is 23.2 Å². The van der Waals surface area contributed by atoms with Crippen molar-refractivity contribution in [2.75, 3.05) is 0 Å². The molecule has 126 valence electrons. The van der Waals surface area contributed by atoms with Crippen LogP contribution >= 0.6 is 11.6 Å². The molecular weight excluding hydrogens is 337 g/mol. The van der Waals surface area contributed by atoms with E-state index in [9.17, 15) is 19.1 Å². The largest absolute Gasteiger partial charge is 0.480 e. The zero-order chi connectivity index (χ0) is 17.5. The molecule has 7 heteroatoms. The summed E-state index contributed by atoms with van der Waals surface area (Å²) in [5.41, 5.74) is 1.27. The molecule has 1 amide bonds. The van der Waals surface area contributed by atoms with Crippen molar-refractivity contribution < 1.29 is 23.8 Å². The van der Waals surface area contributed by atoms with Crippen LogP contribution in [0.2, 0.25) is 5.02 Å². The summed E-state index contributed by atoms with van der Waals surface area (Å²) in [6.45, 7) is 0.0292. The van der Waals surface area contributed by atoms with E-state index in [0.717, 1.165) is 11.6 Å². The molecule has 0 aliphatic heterocycles. The lowest BCUT2D eigenvalue weighted by Crippen LogP contribution is -2.42. The summed E-state index contributed by atoms with van der Waals surface area (Å²) in [6.07, 6.45) is -0.894. The topological polar surface area (TPSA) is 75.6 Å².